The third-order valence-corrected chi connectivity index (χ3v) is 9.05. The minimum atomic E-state index is -4.10. The Hall–Kier alpha value is -4.33. The molecule has 2 aromatic carbocycles. The average Bonchev–Trinajstić information content (AvgIpc) is 3.88. The number of rotatable bonds is 17. The van der Waals surface area contributed by atoms with E-state index in [-0.39, 0.29) is 28.9 Å². The second kappa shape index (κ2) is 19.2. The van der Waals surface area contributed by atoms with Crippen LogP contribution in [0.1, 0.15) is 76.3 Å². The third-order valence-electron chi connectivity index (χ3n) is 7.11. The Morgan fingerprint density at radius 2 is 1.70 bits per heavy atom. The van der Waals surface area contributed by atoms with Gasteiger partial charge in [-0.1, -0.05) is 88.4 Å². The summed E-state index contributed by atoms with van der Waals surface area (Å²) in [5.41, 5.74) is 1.86. The van der Waals surface area contributed by atoms with Crippen molar-refractivity contribution < 1.29 is 35.2 Å². The van der Waals surface area contributed by atoms with Gasteiger partial charge in [-0.15, -0.1) is 22.7 Å². The van der Waals surface area contributed by atoms with Crippen LogP contribution in [0, 0.1) is 5.92 Å². The Morgan fingerprint density at radius 3 is 2.30 bits per heavy atom. The molecule has 0 radical (unpaired) electrons. The van der Waals surface area contributed by atoms with Crippen molar-refractivity contribution in [3.05, 3.63) is 104 Å². The number of nitrogens with zero attached hydrogens (tertiary/aromatic N) is 3. The van der Waals surface area contributed by atoms with E-state index in [1.165, 1.54) is 89.6 Å². The lowest BCUT2D eigenvalue weighted by Gasteiger charge is -2.30. The molecule has 4 amide bonds. The molecule has 3 unspecified atom stereocenters. The fourth-order valence-electron chi connectivity index (χ4n) is 4.46. The molecular weight excluding hydrogens is 673 g/mol. The molecule has 13 heteroatoms. The van der Waals surface area contributed by atoms with Crippen LogP contribution in [-0.2, 0) is 35.5 Å². The molecule has 4 rings (SSSR count). The summed E-state index contributed by atoms with van der Waals surface area (Å²) >= 11 is 2.55. The minimum absolute atomic E-state index is 0.0676. The zero-order chi connectivity index (χ0) is 43.3. The van der Waals surface area contributed by atoms with E-state index < -0.39 is 73.9 Å². The van der Waals surface area contributed by atoms with Gasteiger partial charge in [0.25, 0.3) is 0 Å². The maximum atomic E-state index is 14.3. The van der Waals surface area contributed by atoms with Crippen molar-refractivity contribution in [2.75, 3.05) is 7.05 Å². The Labute approximate surface area is 313 Å². The average molecular weight is 729 g/mol. The summed E-state index contributed by atoms with van der Waals surface area (Å²) in [6.07, 6.45) is -12.5. The van der Waals surface area contributed by atoms with Gasteiger partial charge < -0.3 is 30.7 Å². The van der Waals surface area contributed by atoms with Gasteiger partial charge in [-0.25, -0.2) is 14.6 Å². The van der Waals surface area contributed by atoms with Crippen LogP contribution in [0.15, 0.2) is 77.8 Å². The molecule has 50 heavy (non-hydrogen) atoms. The van der Waals surface area contributed by atoms with Crippen LogP contribution >= 0.6 is 22.7 Å². The van der Waals surface area contributed by atoms with Gasteiger partial charge >= 0.3 is 12.1 Å². The van der Waals surface area contributed by atoms with Gasteiger partial charge in [-0.2, -0.15) is 0 Å². The van der Waals surface area contributed by atoms with Crippen LogP contribution in [-0.4, -0.2) is 69.2 Å². The Morgan fingerprint density at radius 1 is 1.02 bits per heavy atom. The van der Waals surface area contributed by atoms with E-state index in [0.717, 1.165) is 16.3 Å². The molecule has 0 aliphatic carbocycles. The van der Waals surface area contributed by atoms with Crippen molar-refractivity contribution in [2.24, 2.45) is 5.92 Å². The van der Waals surface area contributed by atoms with Crippen molar-refractivity contribution >= 4 is 40.7 Å². The van der Waals surface area contributed by atoms with Crippen LogP contribution in [0.25, 0.3) is 0 Å². The standard InChI is InChI=1S/C37H48N6O5S2/c1-24(2)33(42-36(46)43(5)20-29-22-49-35(40-29)25(3)4)34(45)39-28(16-26-12-8-6-9-13-26)18-32(44)31(17-27-14-10-7-11-15-27)41-37(47)48-21-30-19-38-23-50-30/h6-15,19,22-25,28,31-33,44H,16-18,20-21H2,1-5H3,(H,39,45)(H,41,47)(H,42,46)/t28?,31?,32?,33-/m0/s1/i16D2,18D2,28D,31D,32D/hD. The first-order valence-corrected chi connectivity index (χ1v) is 17.7. The summed E-state index contributed by atoms with van der Waals surface area (Å²) in [5.74, 6) is -1.82. The summed E-state index contributed by atoms with van der Waals surface area (Å²) in [4.78, 5) is 51.3. The zero-order valence-electron chi connectivity index (χ0n) is 36.5. The van der Waals surface area contributed by atoms with Crippen molar-refractivity contribution in [1.29, 1.82) is 0 Å². The number of thiazole rings is 2. The van der Waals surface area contributed by atoms with Gasteiger partial charge in [0.1, 0.15) is 12.6 Å². The number of benzene rings is 2. The van der Waals surface area contributed by atoms with Crippen LogP contribution in [0.5, 0.6) is 0 Å². The lowest BCUT2D eigenvalue weighted by Crippen LogP contribution is -2.55. The van der Waals surface area contributed by atoms with E-state index in [1.54, 1.807) is 25.3 Å². The zero-order valence-corrected chi connectivity index (χ0v) is 30.2. The first kappa shape index (κ1) is 28.4. The topological polar surface area (TPSA) is 146 Å². The summed E-state index contributed by atoms with van der Waals surface area (Å²) in [6, 6.07) is 4.92. The first-order chi connectivity index (χ1) is 27.0. The number of amides is 4. The lowest BCUT2D eigenvalue weighted by atomic mass is 9.93. The molecule has 0 aliphatic rings. The van der Waals surface area contributed by atoms with E-state index in [0.29, 0.717) is 10.6 Å². The molecule has 2 heterocycles. The van der Waals surface area contributed by atoms with Gasteiger partial charge in [-0.3, -0.25) is 9.78 Å². The normalized spacial score (nSPS) is 18.5. The van der Waals surface area contributed by atoms with Gasteiger partial charge in [0.05, 0.1) is 43.8 Å². The highest BCUT2D eigenvalue weighted by Gasteiger charge is 2.31. The second-order valence-corrected chi connectivity index (χ2v) is 13.8. The molecule has 2 aromatic heterocycles. The number of hydrogen-bond donors (Lipinski definition) is 4. The maximum absolute atomic E-state index is 14.3. The van der Waals surface area contributed by atoms with E-state index in [1.807, 2.05) is 13.8 Å². The third kappa shape index (κ3) is 12.2. The summed E-state index contributed by atoms with van der Waals surface area (Å²) in [5, 5.41) is 19.3. The highest BCUT2D eigenvalue weighted by molar-refractivity contribution is 7.09. The Kier molecular flexibility index (Phi) is 10.9. The largest absolute Gasteiger partial charge is 0.444 e. The number of alkyl carbamates (subject to hydrolysis) is 1. The highest BCUT2D eigenvalue weighted by Crippen LogP contribution is 2.20. The fourth-order valence-corrected chi connectivity index (χ4v) is 5.79. The smallest absolute Gasteiger partial charge is 0.407 e. The Balaban J connectivity index is 1.78. The SMILES string of the molecule is [2H]N(C(=O)OCc1cncs1)C([2H])(Cc1ccccc1)C([2H])(O)C([2H])([2H])C([2H])(NC(=O)[C@@H](NC(=O)N(C)Cc1csc(C(C)C)n1)C(C)C)C([2H])([2H])c1ccccc1. The molecule has 0 aliphatic heterocycles. The number of nitrogens with one attached hydrogen (secondary N) is 3. The quantitative estimate of drug-likeness (QED) is 0.106. The highest BCUT2D eigenvalue weighted by atomic mass is 32.1. The van der Waals surface area contributed by atoms with Crippen LogP contribution in [0.4, 0.5) is 9.59 Å². The van der Waals surface area contributed by atoms with Gasteiger partial charge in [-0.05, 0) is 36.2 Å². The molecule has 0 saturated heterocycles. The number of aromatic nitrogens is 2. The molecule has 11 nitrogen and oxygen atoms in total. The molecule has 0 spiro atoms. The number of aliphatic hydroxyl groups is 1. The van der Waals surface area contributed by atoms with Gasteiger partial charge in [0, 0.05) is 36.0 Å². The molecular formula is C37H48N6O5S2. The van der Waals surface area contributed by atoms with Crippen LogP contribution in [0.2, 0.25) is 1.41 Å². The van der Waals surface area contributed by atoms with Gasteiger partial charge in [0.2, 0.25) is 5.91 Å². The van der Waals surface area contributed by atoms with Crippen LogP contribution in [0.3, 0.4) is 0 Å². The fraction of sp³-hybridized carbons (Fsp3) is 0.432. The summed E-state index contributed by atoms with van der Waals surface area (Å²) in [6.45, 7) is 6.72. The van der Waals surface area contributed by atoms with E-state index in [4.69, 9.17) is 6.15 Å². The number of hydrogen-bond acceptors (Lipinski definition) is 9. The van der Waals surface area contributed by atoms with Crippen LogP contribution < -0.4 is 15.9 Å². The van der Waals surface area contributed by atoms with E-state index in [2.05, 4.69) is 20.6 Å². The molecule has 4 atom stereocenters. The number of urea groups is 1. The first-order valence-electron chi connectivity index (χ1n) is 19.9. The number of ether oxygens (including phenoxy) is 1. The molecule has 268 valence electrons. The monoisotopic (exact) mass is 728 g/mol. The predicted octanol–water partition coefficient (Wildman–Crippen LogP) is 5.91. The summed E-state index contributed by atoms with van der Waals surface area (Å²) in [7, 11) is 1.47. The Bertz CT molecular complexity index is 2000. The maximum Gasteiger partial charge on any atom is 0.407 e. The molecule has 0 bridgehead atoms. The minimum Gasteiger partial charge on any atom is -0.444 e. The van der Waals surface area contributed by atoms with Gasteiger partial charge in [0.15, 0.2) is 1.41 Å². The molecule has 0 fully saturated rings. The molecule has 0 saturated carbocycles. The number of carbonyl (C=O) groups excluding carboxylic acids is 3. The van der Waals surface area contributed by atoms with E-state index in [9.17, 15) is 29.1 Å². The van der Waals surface area contributed by atoms with Crippen molar-refractivity contribution in [3.63, 3.8) is 0 Å². The van der Waals surface area contributed by atoms with Crippen molar-refractivity contribution in [3.8, 4) is 0 Å². The summed E-state index contributed by atoms with van der Waals surface area (Å²) < 4.78 is 79.5. The molecule has 4 aromatic rings. The van der Waals surface area contributed by atoms with E-state index >= 15 is 0 Å². The van der Waals surface area contributed by atoms with Crippen molar-refractivity contribution in [1.82, 2.24) is 30.8 Å². The number of carbonyl (C=O) groups is 3. The second-order valence-electron chi connectivity index (χ2n) is 11.9. The van der Waals surface area contributed by atoms with Crippen molar-refractivity contribution in [2.45, 2.75) is 90.1 Å². The lowest BCUT2D eigenvalue weighted by molar-refractivity contribution is -0.124. The molecule has 4 N–H and O–H groups in total. The predicted molar refractivity (Wildman–Crippen MR) is 197 cm³/mol.